The quantitative estimate of drug-likeness (QED) is 0.883. The van der Waals surface area contributed by atoms with Gasteiger partial charge in [-0.2, -0.15) is 0 Å². The van der Waals surface area contributed by atoms with Crippen molar-refractivity contribution >= 4 is 22.0 Å². The average Bonchev–Trinajstić information content (AvgIpc) is 2.87. The Morgan fingerprint density at radius 2 is 2.29 bits per heavy atom. The summed E-state index contributed by atoms with van der Waals surface area (Å²) in [6.45, 7) is 0. The van der Waals surface area contributed by atoms with Gasteiger partial charge in [0.25, 0.3) is 0 Å². The van der Waals surface area contributed by atoms with Crippen LogP contribution in [0.1, 0.15) is 12.8 Å². The number of hydrogen-bond donors (Lipinski definition) is 1. The highest BCUT2D eigenvalue weighted by atomic mass is 79.9. The first-order valence-electron chi connectivity index (χ1n) is 4.48. The lowest BCUT2D eigenvalue weighted by atomic mass is 10.3. The van der Waals surface area contributed by atoms with Gasteiger partial charge in [-0.25, -0.2) is 4.79 Å². The van der Waals surface area contributed by atoms with Crippen molar-refractivity contribution in [3.8, 4) is 5.75 Å². The molecule has 4 heteroatoms. The molecule has 14 heavy (non-hydrogen) atoms. The molecule has 1 aliphatic carbocycles. The van der Waals surface area contributed by atoms with Crippen molar-refractivity contribution in [3.05, 3.63) is 28.7 Å². The molecule has 0 heterocycles. The molecule has 1 saturated carbocycles. The molecule has 2 rings (SSSR count). The Bertz CT molecular complexity index is 350. The number of benzene rings is 1. The zero-order chi connectivity index (χ0) is 9.97. The van der Waals surface area contributed by atoms with E-state index >= 15 is 0 Å². The van der Waals surface area contributed by atoms with E-state index in [1.807, 2.05) is 12.1 Å². The summed E-state index contributed by atoms with van der Waals surface area (Å²) >= 11 is 3.30. The van der Waals surface area contributed by atoms with Gasteiger partial charge in [-0.15, -0.1) is 0 Å². The van der Waals surface area contributed by atoms with Gasteiger partial charge in [-0.1, -0.05) is 22.0 Å². The van der Waals surface area contributed by atoms with Gasteiger partial charge in [0.05, 0.1) is 0 Å². The van der Waals surface area contributed by atoms with E-state index in [1.54, 1.807) is 12.1 Å². The molecule has 1 fully saturated rings. The molecule has 0 radical (unpaired) electrons. The second kappa shape index (κ2) is 4.00. The van der Waals surface area contributed by atoms with Crippen LogP contribution < -0.4 is 10.1 Å². The first-order chi connectivity index (χ1) is 6.74. The lowest BCUT2D eigenvalue weighted by Crippen LogP contribution is -2.28. The molecule has 0 bridgehead atoms. The van der Waals surface area contributed by atoms with Crippen molar-refractivity contribution in [1.29, 1.82) is 0 Å². The molecule has 0 spiro atoms. The SMILES string of the molecule is O=C(NC1CC1)Oc1cccc(Br)c1. The number of hydrogen-bond acceptors (Lipinski definition) is 2. The predicted octanol–water partition coefficient (Wildman–Crippen LogP) is 2.70. The summed E-state index contributed by atoms with van der Waals surface area (Å²) in [4.78, 5) is 11.2. The molecule has 1 aliphatic rings. The summed E-state index contributed by atoms with van der Waals surface area (Å²) in [7, 11) is 0. The average molecular weight is 256 g/mol. The largest absolute Gasteiger partial charge is 0.412 e. The summed E-state index contributed by atoms with van der Waals surface area (Å²) in [5, 5.41) is 2.75. The van der Waals surface area contributed by atoms with E-state index in [2.05, 4.69) is 21.2 Å². The lowest BCUT2D eigenvalue weighted by Gasteiger charge is -2.05. The minimum Gasteiger partial charge on any atom is -0.410 e. The molecule has 0 atom stereocenters. The number of amides is 1. The zero-order valence-corrected chi connectivity index (χ0v) is 9.08. The van der Waals surface area contributed by atoms with Crippen LogP contribution in [0.2, 0.25) is 0 Å². The number of nitrogens with one attached hydrogen (secondary N) is 1. The topological polar surface area (TPSA) is 38.3 Å². The Kier molecular flexibility index (Phi) is 2.72. The summed E-state index contributed by atoms with van der Waals surface area (Å²) in [6.07, 6.45) is 1.76. The fraction of sp³-hybridized carbons (Fsp3) is 0.300. The Morgan fingerprint density at radius 1 is 1.50 bits per heavy atom. The number of halogens is 1. The van der Waals surface area contributed by atoms with Gasteiger partial charge in [0.15, 0.2) is 0 Å². The minimum atomic E-state index is -0.370. The van der Waals surface area contributed by atoms with Crippen LogP contribution in [-0.4, -0.2) is 12.1 Å². The van der Waals surface area contributed by atoms with Crippen LogP contribution in [0.4, 0.5) is 4.79 Å². The molecule has 1 N–H and O–H groups in total. The molecule has 1 aromatic rings. The van der Waals surface area contributed by atoms with E-state index in [9.17, 15) is 4.79 Å². The molecular formula is C10H10BrNO2. The van der Waals surface area contributed by atoms with E-state index in [1.165, 1.54) is 0 Å². The standard InChI is InChI=1S/C10H10BrNO2/c11-7-2-1-3-9(6-7)14-10(13)12-8-4-5-8/h1-3,6,8H,4-5H2,(H,12,13). The van der Waals surface area contributed by atoms with E-state index in [0.717, 1.165) is 17.3 Å². The molecule has 0 aromatic heterocycles. The third-order valence-corrected chi connectivity index (χ3v) is 2.40. The van der Waals surface area contributed by atoms with Gasteiger partial charge in [-0.3, -0.25) is 0 Å². The number of ether oxygens (including phenoxy) is 1. The molecule has 0 unspecified atom stereocenters. The fourth-order valence-electron chi connectivity index (χ4n) is 1.06. The normalized spacial score (nSPS) is 14.9. The van der Waals surface area contributed by atoms with Crippen LogP contribution in [0.3, 0.4) is 0 Å². The van der Waals surface area contributed by atoms with Crippen LogP contribution in [-0.2, 0) is 0 Å². The number of rotatable bonds is 2. The lowest BCUT2D eigenvalue weighted by molar-refractivity contribution is 0.200. The molecular weight excluding hydrogens is 246 g/mol. The summed E-state index contributed by atoms with van der Waals surface area (Å²) in [5.41, 5.74) is 0. The van der Waals surface area contributed by atoms with Gasteiger partial charge < -0.3 is 10.1 Å². The molecule has 0 aliphatic heterocycles. The maximum absolute atomic E-state index is 11.2. The van der Waals surface area contributed by atoms with Crippen molar-refractivity contribution in [2.24, 2.45) is 0 Å². The highest BCUT2D eigenvalue weighted by Crippen LogP contribution is 2.20. The van der Waals surface area contributed by atoms with Crippen molar-refractivity contribution in [2.75, 3.05) is 0 Å². The molecule has 1 amide bonds. The van der Waals surface area contributed by atoms with E-state index in [4.69, 9.17) is 4.74 Å². The Balaban J connectivity index is 1.92. The summed E-state index contributed by atoms with van der Waals surface area (Å²) < 4.78 is 5.96. The monoisotopic (exact) mass is 255 g/mol. The highest BCUT2D eigenvalue weighted by molar-refractivity contribution is 9.10. The molecule has 0 saturated heterocycles. The van der Waals surface area contributed by atoms with Crippen LogP contribution >= 0.6 is 15.9 Å². The Hall–Kier alpha value is -1.03. The summed E-state index contributed by atoms with van der Waals surface area (Å²) in [5.74, 6) is 0.553. The summed E-state index contributed by atoms with van der Waals surface area (Å²) in [6, 6.07) is 7.54. The van der Waals surface area contributed by atoms with Crippen molar-refractivity contribution in [3.63, 3.8) is 0 Å². The third-order valence-electron chi connectivity index (χ3n) is 1.91. The molecule has 74 valence electrons. The van der Waals surface area contributed by atoms with Gasteiger partial charge in [-0.05, 0) is 31.0 Å². The van der Waals surface area contributed by atoms with Gasteiger partial charge >= 0.3 is 6.09 Å². The first kappa shape index (κ1) is 9.52. The second-order valence-electron chi connectivity index (χ2n) is 3.27. The Morgan fingerprint density at radius 3 is 2.93 bits per heavy atom. The predicted molar refractivity (Wildman–Crippen MR) is 56.3 cm³/mol. The van der Waals surface area contributed by atoms with Crippen LogP contribution in [0, 0.1) is 0 Å². The maximum Gasteiger partial charge on any atom is 0.412 e. The molecule has 1 aromatic carbocycles. The number of carbonyl (C=O) groups is 1. The van der Waals surface area contributed by atoms with E-state index in [0.29, 0.717) is 11.8 Å². The number of carbonyl (C=O) groups excluding carboxylic acids is 1. The van der Waals surface area contributed by atoms with E-state index in [-0.39, 0.29) is 6.09 Å². The van der Waals surface area contributed by atoms with Crippen molar-refractivity contribution in [1.82, 2.24) is 5.32 Å². The molecule has 3 nitrogen and oxygen atoms in total. The van der Waals surface area contributed by atoms with Crippen LogP contribution in [0.25, 0.3) is 0 Å². The zero-order valence-electron chi connectivity index (χ0n) is 7.50. The Labute approximate surface area is 90.6 Å². The third kappa shape index (κ3) is 2.73. The van der Waals surface area contributed by atoms with Gasteiger partial charge in [0, 0.05) is 10.5 Å². The van der Waals surface area contributed by atoms with Crippen LogP contribution in [0.15, 0.2) is 28.7 Å². The minimum absolute atomic E-state index is 0.328. The van der Waals surface area contributed by atoms with Crippen molar-refractivity contribution in [2.45, 2.75) is 18.9 Å². The second-order valence-corrected chi connectivity index (χ2v) is 4.18. The van der Waals surface area contributed by atoms with Crippen molar-refractivity contribution < 1.29 is 9.53 Å². The van der Waals surface area contributed by atoms with Gasteiger partial charge in [0.2, 0.25) is 0 Å². The highest BCUT2D eigenvalue weighted by Gasteiger charge is 2.24. The fourth-order valence-corrected chi connectivity index (χ4v) is 1.44. The first-order valence-corrected chi connectivity index (χ1v) is 5.27. The van der Waals surface area contributed by atoms with Gasteiger partial charge in [0.1, 0.15) is 5.75 Å². The van der Waals surface area contributed by atoms with E-state index < -0.39 is 0 Å². The van der Waals surface area contributed by atoms with Crippen LogP contribution in [0.5, 0.6) is 5.75 Å². The maximum atomic E-state index is 11.2. The smallest absolute Gasteiger partial charge is 0.410 e.